The molecule has 2 aliphatic heterocycles. The summed E-state index contributed by atoms with van der Waals surface area (Å²) in [6.45, 7) is 7.05. The largest absolute Gasteiger partial charge is 0.381 e. The number of likely N-dealkylation sites (tertiary alicyclic amines) is 1. The van der Waals surface area contributed by atoms with Crippen LogP contribution in [0.5, 0.6) is 0 Å². The second kappa shape index (κ2) is 5.78. The van der Waals surface area contributed by atoms with Crippen molar-refractivity contribution >= 4 is 5.78 Å². The van der Waals surface area contributed by atoms with Crippen molar-refractivity contribution in [1.82, 2.24) is 4.90 Å². The fourth-order valence-corrected chi connectivity index (χ4v) is 2.82. The first kappa shape index (κ1) is 12.1. The molecular weight excluding hydrogens is 202 g/mol. The van der Waals surface area contributed by atoms with E-state index in [0.717, 1.165) is 45.1 Å². The molecule has 0 unspecified atom stereocenters. The van der Waals surface area contributed by atoms with Gasteiger partial charge in [-0.25, -0.2) is 0 Å². The standard InChI is InChI=1S/C13H23NO2/c1-11(15)13-2-6-14(7-3-13)10-12-4-8-16-9-5-12/h12-13H,2-10H2,1H3. The van der Waals surface area contributed by atoms with Crippen molar-refractivity contribution in [2.45, 2.75) is 32.6 Å². The number of hydrogen-bond acceptors (Lipinski definition) is 3. The predicted molar refractivity (Wildman–Crippen MR) is 63.4 cm³/mol. The molecule has 2 heterocycles. The molecule has 16 heavy (non-hydrogen) atoms. The summed E-state index contributed by atoms with van der Waals surface area (Å²) in [6.07, 6.45) is 4.57. The summed E-state index contributed by atoms with van der Waals surface area (Å²) in [5.41, 5.74) is 0. The Morgan fingerprint density at radius 2 is 1.81 bits per heavy atom. The molecule has 2 saturated heterocycles. The Hall–Kier alpha value is -0.410. The van der Waals surface area contributed by atoms with E-state index in [1.807, 2.05) is 0 Å². The fraction of sp³-hybridized carbons (Fsp3) is 0.923. The van der Waals surface area contributed by atoms with E-state index in [4.69, 9.17) is 4.74 Å². The number of piperidine rings is 1. The maximum Gasteiger partial charge on any atom is 0.133 e. The van der Waals surface area contributed by atoms with Gasteiger partial charge in [-0.2, -0.15) is 0 Å². The molecule has 0 aromatic rings. The number of ketones is 1. The highest BCUT2D eigenvalue weighted by atomic mass is 16.5. The summed E-state index contributed by atoms with van der Waals surface area (Å²) in [6, 6.07) is 0. The second-order valence-electron chi connectivity index (χ2n) is 5.24. The Morgan fingerprint density at radius 3 is 2.38 bits per heavy atom. The third-order valence-electron chi connectivity index (χ3n) is 4.02. The van der Waals surface area contributed by atoms with Crippen molar-refractivity contribution < 1.29 is 9.53 Å². The van der Waals surface area contributed by atoms with Crippen molar-refractivity contribution in [2.24, 2.45) is 11.8 Å². The molecule has 2 fully saturated rings. The van der Waals surface area contributed by atoms with Crippen LogP contribution in [-0.4, -0.2) is 43.5 Å². The third kappa shape index (κ3) is 3.29. The van der Waals surface area contributed by atoms with Gasteiger partial charge in [0.1, 0.15) is 5.78 Å². The molecule has 2 aliphatic rings. The van der Waals surface area contributed by atoms with Crippen LogP contribution in [0.1, 0.15) is 32.6 Å². The minimum absolute atomic E-state index is 0.339. The molecule has 3 nitrogen and oxygen atoms in total. The lowest BCUT2D eigenvalue weighted by Gasteiger charge is -2.34. The maximum atomic E-state index is 11.3. The van der Waals surface area contributed by atoms with Crippen molar-refractivity contribution in [2.75, 3.05) is 32.8 Å². The summed E-state index contributed by atoms with van der Waals surface area (Å²) < 4.78 is 5.37. The van der Waals surface area contributed by atoms with Crippen molar-refractivity contribution in [3.8, 4) is 0 Å². The van der Waals surface area contributed by atoms with Crippen LogP contribution < -0.4 is 0 Å². The van der Waals surface area contributed by atoms with Gasteiger partial charge in [-0.05, 0) is 51.6 Å². The minimum Gasteiger partial charge on any atom is -0.381 e. The zero-order chi connectivity index (χ0) is 11.4. The van der Waals surface area contributed by atoms with E-state index in [2.05, 4.69) is 4.90 Å². The van der Waals surface area contributed by atoms with Gasteiger partial charge >= 0.3 is 0 Å². The lowest BCUT2D eigenvalue weighted by molar-refractivity contribution is -0.122. The molecule has 0 N–H and O–H groups in total. The lowest BCUT2D eigenvalue weighted by atomic mass is 9.92. The van der Waals surface area contributed by atoms with Gasteiger partial charge in [0, 0.05) is 25.7 Å². The van der Waals surface area contributed by atoms with Gasteiger partial charge in [-0.15, -0.1) is 0 Å². The van der Waals surface area contributed by atoms with Crippen molar-refractivity contribution in [1.29, 1.82) is 0 Å². The van der Waals surface area contributed by atoms with Gasteiger partial charge in [0.05, 0.1) is 0 Å². The molecule has 0 radical (unpaired) electrons. The minimum atomic E-state index is 0.339. The maximum absolute atomic E-state index is 11.3. The summed E-state index contributed by atoms with van der Waals surface area (Å²) in [4.78, 5) is 13.8. The Labute approximate surface area is 98.1 Å². The van der Waals surface area contributed by atoms with Gasteiger partial charge in [-0.1, -0.05) is 0 Å². The molecule has 0 bridgehead atoms. The van der Waals surface area contributed by atoms with Crippen LogP contribution in [0, 0.1) is 11.8 Å². The van der Waals surface area contributed by atoms with Gasteiger partial charge in [0.2, 0.25) is 0 Å². The Balaban J connectivity index is 1.70. The molecule has 2 rings (SSSR count). The van der Waals surface area contributed by atoms with E-state index in [9.17, 15) is 4.79 Å². The van der Waals surface area contributed by atoms with E-state index in [1.165, 1.54) is 19.4 Å². The number of nitrogens with zero attached hydrogens (tertiary/aromatic N) is 1. The zero-order valence-corrected chi connectivity index (χ0v) is 10.3. The molecule has 92 valence electrons. The molecule has 0 amide bonds. The van der Waals surface area contributed by atoms with E-state index >= 15 is 0 Å². The van der Waals surface area contributed by atoms with Crippen molar-refractivity contribution in [3.05, 3.63) is 0 Å². The lowest BCUT2D eigenvalue weighted by Crippen LogP contribution is -2.39. The smallest absolute Gasteiger partial charge is 0.133 e. The molecule has 3 heteroatoms. The topological polar surface area (TPSA) is 29.5 Å². The zero-order valence-electron chi connectivity index (χ0n) is 10.3. The molecule has 0 saturated carbocycles. The van der Waals surface area contributed by atoms with E-state index in [0.29, 0.717) is 11.7 Å². The molecule has 0 atom stereocenters. The number of carbonyl (C=O) groups excluding carboxylic acids is 1. The molecule has 0 spiro atoms. The van der Waals surface area contributed by atoms with Gasteiger partial charge in [-0.3, -0.25) is 4.79 Å². The van der Waals surface area contributed by atoms with Gasteiger partial charge in [0.25, 0.3) is 0 Å². The highest BCUT2D eigenvalue weighted by molar-refractivity contribution is 5.78. The van der Waals surface area contributed by atoms with Crippen LogP contribution in [0.4, 0.5) is 0 Å². The first-order valence-corrected chi connectivity index (χ1v) is 6.56. The Morgan fingerprint density at radius 1 is 1.19 bits per heavy atom. The quantitative estimate of drug-likeness (QED) is 0.732. The van der Waals surface area contributed by atoms with E-state index in [1.54, 1.807) is 6.92 Å². The molecule has 0 aliphatic carbocycles. The number of rotatable bonds is 3. The predicted octanol–water partition coefficient (Wildman–Crippen LogP) is 1.71. The fourth-order valence-electron chi connectivity index (χ4n) is 2.82. The number of ether oxygens (including phenoxy) is 1. The average molecular weight is 225 g/mol. The van der Waals surface area contributed by atoms with Crippen LogP contribution >= 0.6 is 0 Å². The van der Waals surface area contributed by atoms with E-state index < -0.39 is 0 Å². The first-order chi connectivity index (χ1) is 7.75. The van der Waals surface area contributed by atoms with Crippen molar-refractivity contribution in [3.63, 3.8) is 0 Å². The summed E-state index contributed by atoms with van der Waals surface area (Å²) >= 11 is 0. The van der Waals surface area contributed by atoms with Gasteiger partial charge < -0.3 is 9.64 Å². The summed E-state index contributed by atoms with van der Waals surface area (Å²) in [7, 11) is 0. The molecule has 0 aromatic carbocycles. The first-order valence-electron chi connectivity index (χ1n) is 6.56. The number of carbonyl (C=O) groups is 1. The number of Topliss-reactive ketones (excluding diaryl/α,β-unsaturated/α-hetero) is 1. The SMILES string of the molecule is CC(=O)C1CCN(CC2CCOCC2)CC1. The average Bonchev–Trinajstić information content (AvgIpc) is 2.31. The van der Waals surface area contributed by atoms with Crippen LogP contribution in [0.3, 0.4) is 0 Å². The second-order valence-corrected chi connectivity index (χ2v) is 5.24. The highest BCUT2D eigenvalue weighted by Crippen LogP contribution is 2.22. The third-order valence-corrected chi connectivity index (χ3v) is 4.02. The van der Waals surface area contributed by atoms with E-state index in [-0.39, 0.29) is 0 Å². The normalized spacial score (nSPS) is 25.8. The number of hydrogen-bond donors (Lipinski definition) is 0. The molecular formula is C13H23NO2. The monoisotopic (exact) mass is 225 g/mol. The summed E-state index contributed by atoms with van der Waals surface area (Å²) in [5, 5.41) is 0. The van der Waals surface area contributed by atoms with Crippen LogP contribution in [-0.2, 0) is 9.53 Å². The van der Waals surface area contributed by atoms with Crippen LogP contribution in [0.25, 0.3) is 0 Å². The van der Waals surface area contributed by atoms with Gasteiger partial charge in [0.15, 0.2) is 0 Å². The Bertz CT molecular complexity index is 228. The highest BCUT2D eigenvalue weighted by Gasteiger charge is 2.24. The Kier molecular flexibility index (Phi) is 4.36. The molecule has 0 aromatic heterocycles. The van der Waals surface area contributed by atoms with Crippen LogP contribution in [0.15, 0.2) is 0 Å². The summed E-state index contributed by atoms with van der Waals surface area (Å²) in [5.74, 6) is 1.54. The van der Waals surface area contributed by atoms with Crippen LogP contribution in [0.2, 0.25) is 0 Å².